The summed E-state index contributed by atoms with van der Waals surface area (Å²) in [7, 11) is 0. The summed E-state index contributed by atoms with van der Waals surface area (Å²) >= 11 is 4.29. The fourth-order valence-corrected chi connectivity index (χ4v) is 1.69. The molecular weight excluding hydrogens is 216 g/mol. The Labute approximate surface area is 101 Å². The molecule has 0 radical (unpaired) electrons. The van der Waals surface area contributed by atoms with Crippen molar-refractivity contribution in [2.24, 2.45) is 0 Å². The molecule has 3 heteroatoms. The summed E-state index contributed by atoms with van der Waals surface area (Å²) < 4.78 is 0. The quantitative estimate of drug-likeness (QED) is 0.559. The predicted octanol–water partition coefficient (Wildman–Crippen LogP) is 3.17. The highest BCUT2D eigenvalue weighted by molar-refractivity contribution is 7.80. The summed E-state index contributed by atoms with van der Waals surface area (Å²) in [6.45, 7) is 0.766. The second-order valence-corrected chi connectivity index (χ2v) is 4.13. The van der Waals surface area contributed by atoms with Crippen molar-refractivity contribution >= 4 is 24.0 Å². The van der Waals surface area contributed by atoms with Crippen LogP contribution in [0.15, 0.2) is 53.4 Å². The average Bonchev–Trinajstić information content (AvgIpc) is 2.32. The molecular formula is C13H14N2S. The molecule has 3 N–H and O–H groups in total. The van der Waals surface area contributed by atoms with E-state index < -0.39 is 0 Å². The molecule has 0 saturated heterocycles. The second-order valence-electron chi connectivity index (χ2n) is 3.61. The monoisotopic (exact) mass is 230 g/mol. The lowest BCUT2D eigenvalue weighted by molar-refractivity contribution is 1.15. The van der Waals surface area contributed by atoms with Gasteiger partial charge in [0.2, 0.25) is 0 Å². The van der Waals surface area contributed by atoms with E-state index in [1.54, 1.807) is 0 Å². The molecule has 2 nitrogen and oxygen atoms in total. The molecule has 2 aromatic carbocycles. The van der Waals surface area contributed by atoms with Crippen LogP contribution >= 0.6 is 12.6 Å². The van der Waals surface area contributed by atoms with Crippen molar-refractivity contribution in [1.29, 1.82) is 0 Å². The first-order valence-corrected chi connectivity index (χ1v) is 5.57. The van der Waals surface area contributed by atoms with E-state index in [0.29, 0.717) is 0 Å². The molecule has 0 bridgehead atoms. The second kappa shape index (κ2) is 4.94. The Hall–Kier alpha value is -1.61. The van der Waals surface area contributed by atoms with Crippen molar-refractivity contribution in [3.63, 3.8) is 0 Å². The number of nitrogens with one attached hydrogen (secondary N) is 1. The highest BCUT2D eigenvalue weighted by atomic mass is 32.1. The van der Waals surface area contributed by atoms with Crippen LogP contribution in [0.5, 0.6) is 0 Å². The Bertz CT molecular complexity index is 469. The van der Waals surface area contributed by atoms with Crippen molar-refractivity contribution in [2.75, 3.05) is 11.1 Å². The zero-order chi connectivity index (χ0) is 11.4. The first-order chi connectivity index (χ1) is 7.75. The largest absolute Gasteiger partial charge is 0.397 e. The topological polar surface area (TPSA) is 38.0 Å². The number of rotatable bonds is 3. The maximum absolute atomic E-state index is 5.86. The number of nitrogen functional groups attached to an aromatic ring is 1. The van der Waals surface area contributed by atoms with Crippen molar-refractivity contribution < 1.29 is 0 Å². The lowest BCUT2D eigenvalue weighted by atomic mass is 10.2. The third kappa shape index (κ3) is 2.70. The first-order valence-electron chi connectivity index (χ1n) is 5.12. The SMILES string of the molecule is Nc1ccc(S)cc1NCc1ccccc1. The molecule has 0 unspecified atom stereocenters. The Morgan fingerprint density at radius 3 is 2.56 bits per heavy atom. The Balaban J connectivity index is 2.08. The minimum absolute atomic E-state index is 0.744. The molecule has 0 atom stereocenters. The molecule has 0 aliphatic carbocycles. The highest BCUT2D eigenvalue weighted by Gasteiger charge is 1.99. The third-order valence-electron chi connectivity index (χ3n) is 2.36. The van der Waals surface area contributed by atoms with Crippen molar-refractivity contribution in [2.45, 2.75) is 11.4 Å². The molecule has 2 aromatic rings. The molecule has 82 valence electrons. The van der Waals surface area contributed by atoms with Crippen LogP contribution in [0.4, 0.5) is 11.4 Å². The van der Waals surface area contributed by atoms with Crippen LogP contribution in [0.25, 0.3) is 0 Å². The van der Waals surface area contributed by atoms with E-state index in [0.717, 1.165) is 22.8 Å². The molecule has 0 fully saturated rings. The van der Waals surface area contributed by atoms with Crippen LogP contribution in [0.2, 0.25) is 0 Å². The molecule has 0 spiro atoms. The van der Waals surface area contributed by atoms with E-state index in [1.807, 2.05) is 36.4 Å². The van der Waals surface area contributed by atoms with Gasteiger partial charge in [-0.15, -0.1) is 12.6 Å². The smallest absolute Gasteiger partial charge is 0.0587 e. The van der Waals surface area contributed by atoms with Crippen LogP contribution in [-0.4, -0.2) is 0 Å². The Morgan fingerprint density at radius 1 is 1.06 bits per heavy atom. The maximum atomic E-state index is 5.86. The van der Waals surface area contributed by atoms with Gasteiger partial charge in [0.25, 0.3) is 0 Å². The summed E-state index contributed by atoms with van der Waals surface area (Å²) in [4.78, 5) is 0.907. The third-order valence-corrected chi connectivity index (χ3v) is 2.64. The zero-order valence-corrected chi connectivity index (χ0v) is 9.74. The molecule has 0 heterocycles. The van der Waals surface area contributed by atoms with E-state index >= 15 is 0 Å². The number of nitrogens with two attached hydrogens (primary N) is 1. The lowest BCUT2D eigenvalue weighted by Crippen LogP contribution is -2.02. The average molecular weight is 230 g/mol. The van der Waals surface area contributed by atoms with E-state index in [2.05, 4.69) is 30.1 Å². The Kier molecular flexibility index (Phi) is 3.37. The van der Waals surface area contributed by atoms with E-state index in [1.165, 1.54) is 5.56 Å². The molecule has 0 aromatic heterocycles. The fourth-order valence-electron chi connectivity index (χ4n) is 1.49. The summed E-state index contributed by atoms with van der Waals surface area (Å²) in [5.74, 6) is 0. The maximum Gasteiger partial charge on any atom is 0.0587 e. The minimum Gasteiger partial charge on any atom is -0.397 e. The molecule has 0 saturated carbocycles. The van der Waals surface area contributed by atoms with Crippen molar-refractivity contribution in [3.05, 3.63) is 54.1 Å². The van der Waals surface area contributed by atoms with Crippen LogP contribution in [0, 0.1) is 0 Å². The number of hydrogen-bond acceptors (Lipinski definition) is 3. The standard InChI is InChI=1S/C13H14N2S/c14-12-7-6-11(16)8-13(12)15-9-10-4-2-1-3-5-10/h1-8,15-16H,9,14H2. The normalized spacial score (nSPS) is 10.1. The van der Waals surface area contributed by atoms with Gasteiger partial charge in [-0.3, -0.25) is 0 Å². The van der Waals surface area contributed by atoms with Gasteiger partial charge in [0.1, 0.15) is 0 Å². The van der Waals surface area contributed by atoms with E-state index in [9.17, 15) is 0 Å². The molecule has 16 heavy (non-hydrogen) atoms. The van der Waals surface area contributed by atoms with E-state index in [4.69, 9.17) is 5.73 Å². The molecule has 0 aliphatic heterocycles. The van der Waals surface area contributed by atoms with Crippen LogP contribution in [-0.2, 0) is 6.54 Å². The van der Waals surface area contributed by atoms with Gasteiger partial charge in [-0.1, -0.05) is 30.3 Å². The van der Waals surface area contributed by atoms with Gasteiger partial charge in [0.05, 0.1) is 11.4 Å². The van der Waals surface area contributed by atoms with Crippen molar-refractivity contribution in [3.8, 4) is 0 Å². The fraction of sp³-hybridized carbons (Fsp3) is 0.0769. The van der Waals surface area contributed by atoms with Gasteiger partial charge in [-0.25, -0.2) is 0 Å². The number of benzene rings is 2. The van der Waals surface area contributed by atoms with Crippen molar-refractivity contribution in [1.82, 2.24) is 0 Å². The molecule has 0 aliphatic rings. The van der Waals surface area contributed by atoms with Crippen LogP contribution in [0.1, 0.15) is 5.56 Å². The van der Waals surface area contributed by atoms with Gasteiger partial charge >= 0.3 is 0 Å². The summed E-state index contributed by atoms with van der Waals surface area (Å²) in [6.07, 6.45) is 0. The molecule has 2 rings (SSSR count). The summed E-state index contributed by atoms with van der Waals surface area (Å²) in [5, 5.41) is 3.30. The highest BCUT2D eigenvalue weighted by Crippen LogP contribution is 2.22. The molecule has 0 amide bonds. The zero-order valence-electron chi connectivity index (χ0n) is 8.85. The first kappa shape index (κ1) is 10.9. The van der Waals surface area contributed by atoms with Gasteiger partial charge in [0.15, 0.2) is 0 Å². The summed E-state index contributed by atoms with van der Waals surface area (Å²) in [5.41, 5.74) is 8.76. The number of anilines is 2. The van der Waals surface area contributed by atoms with Gasteiger partial charge in [-0.2, -0.15) is 0 Å². The summed E-state index contributed by atoms with van der Waals surface area (Å²) in [6, 6.07) is 15.9. The van der Waals surface area contributed by atoms with E-state index in [-0.39, 0.29) is 0 Å². The minimum atomic E-state index is 0.744. The van der Waals surface area contributed by atoms with Gasteiger partial charge in [0, 0.05) is 11.4 Å². The van der Waals surface area contributed by atoms with Crippen LogP contribution < -0.4 is 11.1 Å². The lowest BCUT2D eigenvalue weighted by Gasteiger charge is -2.09. The predicted molar refractivity (Wildman–Crippen MR) is 71.9 cm³/mol. The van der Waals surface area contributed by atoms with Crippen LogP contribution in [0.3, 0.4) is 0 Å². The number of thiol groups is 1. The van der Waals surface area contributed by atoms with Gasteiger partial charge < -0.3 is 11.1 Å². The Morgan fingerprint density at radius 2 is 1.81 bits per heavy atom. The number of hydrogen-bond donors (Lipinski definition) is 3. The van der Waals surface area contributed by atoms with Gasteiger partial charge in [-0.05, 0) is 23.8 Å².